The van der Waals surface area contributed by atoms with E-state index < -0.39 is 0 Å². The predicted octanol–water partition coefficient (Wildman–Crippen LogP) is 4.28. The third-order valence-electron chi connectivity index (χ3n) is 4.10. The lowest BCUT2D eigenvalue weighted by atomic mass is 10.2. The summed E-state index contributed by atoms with van der Waals surface area (Å²) in [7, 11) is 0. The number of aryl methyl sites for hydroxylation is 1. The molecule has 7 nitrogen and oxygen atoms in total. The molecule has 1 aliphatic rings. The van der Waals surface area contributed by atoms with Crippen LogP contribution in [0.3, 0.4) is 0 Å². The normalized spacial score (nSPS) is 12.6. The van der Waals surface area contributed by atoms with E-state index >= 15 is 0 Å². The predicted molar refractivity (Wildman–Crippen MR) is 103 cm³/mol. The summed E-state index contributed by atoms with van der Waals surface area (Å²) in [6, 6.07) is 5.59. The fourth-order valence-corrected chi connectivity index (χ4v) is 3.82. The zero-order valence-corrected chi connectivity index (χ0v) is 16.1. The van der Waals surface area contributed by atoms with Crippen LogP contribution >= 0.6 is 11.3 Å². The van der Waals surface area contributed by atoms with Gasteiger partial charge in [0.2, 0.25) is 6.79 Å². The molecule has 0 saturated carbocycles. The highest BCUT2D eigenvalue weighted by atomic mass is 32.1. The highest BCUT2D eigenvalue weighted by Crippen LogP contribution is 2.38. The van der Waals surface area contributed by atoms with E-state index in [1.54, 1.807) is 0 Å². The number of carbonyl (C=O) groups is 1. The summed E-state index contributed by atoms with van der Waals surface area (Å²) in [5.74, 6) is 2.00. The van der Waals surface area contributed by atoms with Gasteiger partial charge in [0.15, 0.2) is 11.5 Å². The second-order valence-corrected chi connectivity index (χ2v) is 7.64. The molecule has 0 aliphatic carbocycles. The molecule has 2 aromatic heterocycles. The van der Waals surface area contributed by atoms with E-state index in [0.717, 1.165) is 27.2 Å². The van der Waals surface area contributed by atoms with Gasteiger partial charge in [0.1, 0.15) is 21.9 Å². The van der Waals surface area contributed by atoms with Crippen LogP contribution in [0.15, 0.2) is 24.5 Å². The molecule has 0 fully saturated rings. The second-order valence-electron chi connectivity index (χ2n) is 6.64. The molecule has 0 spiro atoms. The third kappa shape index (κ3) is 3.40. The fourth-order valence-electron chi connectivity index (χ4n) is 2.78. The number of ether oxygens (including phenoxy) is 3. The van der Waals surface area contributed by atoms with Crippen LogP contribution in [0.2, 0.25) is 0 Å². The Morgan fingerprint density at radius 2 is 2.11 bits per heavy atom. The number of hydrogen-bond acceptors (Lipinski definition) is 8. The van der Waals surface area contributed by atoms with Gasteiger partial charge in [-0.25, -0.2) is 14.8 Å². The Hall–Kier alpha value is -2.87. The van der Waals surface area contributed by atoms with E-state index in [-0.39, 0.29) is 18.7 Å². The van der Waals surface area contributed by atoms with Crippen LogP contribution in [0.1, 0.15) is 29.1 Å². The van der Waals surface area contributed by atoms with Gasteiger partial charge in [-0.3, -0.25) is 0 Å². The molecule has 0 bridgehead atoms. The molecular formula is C19H19N3O4S. The van der Waals surface area contributed by atoms with Gasteiger partial charge < -0.3 is 19.5 Å². The Morgan fingerprint density at radius 1 is 1.30 bits per heavy atom. The van der Waals surface area contributed by atoms with Gasteiger partial charge in [-0.2, -0.15) is 0 Å². The third-order valence-corrected chi connectivity index (χ3v) is 5.28. The number of fused-ring (bicyclic) bond motifs is 2. The average molecular weight is 385 g/mol. The topological polar surface area (TPSA) is 82.6 Å². The van der Waals surface area contributed by atoms with E-state index in [2.05, 4.69) is 15.3 Å². The Balaban J connectivity index is 1.66. The largest absolute Gasteiger partial charge is 0.461 e. The molecule has 0 atom stereocenters. The van der Waals surface area contributed by atoms with E-state index in [0.29, 0.717) is 23.1 Å². The Labute approximate surface area is 160 Å². The Kier molecular flexibility index (Phi) is 4.57. The zero-order valence-electron chi connectivity index (χ0n) is 15.2. The number of anilines is 2. The van der Waals surface area contributed by atoms with Crippen LogP contribution in [-0.2, 0) is 4.74 Å². The van der Waals surface area contributed by atoms with Gasteiger partial charge in [0, 0.05) is 11.8 Å². The molecule has 1 aromatic carbocycles. The van der Waals surface area contributed by atoms with Crippen molar-refractivity contribution in [1.29, 1.82) is 0 Å². The van der Waals surface area contributed by atoms with Crippen LogP contribution in [-0.4, -0.2) is 29.3 Å². The number of nitrogens with zero attached hydrogens (tertiary/aromatic N) is 2. The highest BCUT2D eigenvalue weighted by Gasteiger charge is 2.21. The van der Waals surface area contributed by atoms with Crippen molar-refractivity contribution < 1.29 is 19.0 Å². The number of hydrogen-bond donors (Lipinski definition) is 1. The van der Waals surface area contributed by atoms with E-state index in [1.165, 1.54) is 17.7 Å². The van der Waals surface area contributed by atoms with Crippen molar-refractivity contribution in [3.8, 4) is 11.5 Å². The van der Waals surface area contributed by atoms with E-state index in [4.69, 9.17) is 14.2 Å². The highest BCUT2D eigenvalue weighted by molar-refractivity contribution is 7.20. The summed E-state index contributed by atoms with van der Waals surface area (Å²) < 4.78 is 16.1. The first-order valence-corrected chi connectivity index (χ1v) is 9.42. The quantitative estimate of drug-likeness (QED) is 0.656. The lowest BCUT2D eigenvalue weighted by Gasteiger charge is -2.08. The van der Waals surface area contributed by atoms with E-state index in [9.17, 15) is 4.79 Å². The Morgan fingerprint density at radius 3 is 2.93 bits per heavy atom. The molecule has 0 unspecified atom stereocenters. The van der Waals surface area contributed by atoms with Gasteiger partial charge in [0.25, 0.3) is 0 Å². The minimum Gasteiger partial charge on any atom is -0.461 e. The average Bonchev–Trinajstić information content (AvgIpc) is 3.24. The summed E-state index contributed by atoms with van der Waals surface area (Å²) in [6.07, 6.45) is 1.48. The molecule has 4 rings (SSSR count). The Bertz CT molecular complexity index is 1020. The molecule has 0 radical (unpaired) electrons. The number of aromatic nitrogens is 2. The standard InChI is InChI=1S/C19H19N3O4S/c1-10(2)7-24-19(23)16-11(3)15-17(20-8-21-18(15)27-16)22-12-4-5-13-14(6-12)26-9-25-13/h4-6,8,10H,7,9H2,1-3H3,(H,20,21,22). The molecule has 1 aliphatic heterocycles. The monoisotopic (exact) mass is 385 g/mol. The summed E-state index contributed by atoms with van der Waals surface area (Å²) in [4.78, 5) is 22.4. The number of rotatable bonds is 5. The number of thiophene rings is 1. The van der Waals surface area contributed by atoms with Crippen LogP contribution in [0, 0.1) is 12.8 Å². The van der Waals surface area contributed by atoms with Gasteiger partial charge in [-0.1, -0.05) is 13.8 Å². The van der Waals surface area contributed by atoms with Crippen LogP contribution in [0.4, 0.5) is 11.5 Å². The summed E-state index contributed by atoms with van der Waals surface area (Å²) in [5.41, 5.74) is 1.63. The van der Waals surface area contributed by atoms with Crippen molar-refractivity contribution >= 4 is 39.0 Å². The molecule has 1 N–H and O–H groups in total. The first-order chi connectivity index (χ1) is 13.0. The van der Waals surface area contributed by atoms with Crippen molar-refractivity contribution in [2.24, 2.45) is 5.92 Å². The van der Waals surface area contributed by atoms with E-state index in [1.807, 2.05) is 39.0 Å². The molecular weight excluding hydrogens is 366 g/mol. The van der Waals surface area contributed by atoms with Crippen molar-refractivity contribution in [3.63, 3.8) is 0 Å². The van der Waals surface area contributed by atoms with Gasteiger partial charge in [-0.15, -0.1) is 11.3 Å². The smallest absolute Gasteiger partial charge is 0.348 e. The minimum atomic E-state index is -0.321. The molecule has 8 heteroatoms. The number of esters is 1. The van der Waals surface area contributed by atoms with Crippen molar-refractivity contribution in [1.82, 2.24) is 9.97 Å². The summed E-state index contributed by atoms with van der Waals surface area (Å²) in [5, 5.41) is 4.10. The maximum atomic E-state index is 12.4. The van der Waals surface area contributed by atoms with Gasteiger partial charge >= 0.3 is 5.97 Å². The van der Waals surface area contributed by atoms with Crippen LogP contribution in [0.25, 0.3) is 10.2 Å². The number of carbonyl (C=O) groups excluding carboxylic acids is 1. The first-order valence-electron chi connectivity index (χ1n) is 8.61. The SMILES string of the molecule is Cc1c(C(=O)OCC(C)C)sc2ncnc(Nc3ccc4c(c3)OCO4)c12. The molecule has 27 heavy (non-hydrogen) atoms. The molecule has 140 valence electrons. The molecule has 3 aromatic rings. The zero-order chi connectivity index (χ0) is 19.0. The van der Waals surface area contributed by atoms with Gasteiger partial charge in [0.05, 0.1) is 12.0 Å². The number of benzene rings is 1. The lowest BCUT2D eigenvalue weighted by Crippen LogP contribution is -2.09. The summed E-state index contributed by atoms with van der Waals surface area (Å²) >= 11 is 1.32. The maximum Gasteiger partial charge on any atom is 0.348 e. The molecule has 0 saturated heterocycles. The minimum absolute atomic E-state index is 0.224. The van der Waals surface area contributed by atoms with Gasteiger partial charge in [-0.05, 0) is 30.5 Å². The summed E-state index contributed by atoms with van der Waals surface area (Å²) in [6.45, 7) is 6.51. The van der Waals surface area contributed by atoms with Crippen molar-refractivity contribution in [2.45, 2.75) is 20.8 Å². The lowest BCUT2D eigenvalue weighted by molar-refractivity contribution is 0.0464. The molecule has 0 amide bonds. The van der Waals surface area contributed by atoms with Crippen LogP contribution in [0.5, 0.6) is 11.5 Å². The van der Waals surface area contributed by atoms with Crippen LogP contribution < -0.4 is 14.8 Å². The number of nitrogens with one attached hydrogen (secondary N) is 1. The maximum absolute atomic E-state index is 12.4. The molecule has 3 heterocycles. The first kappa shape index (κ1) is 17.5. The van der Waals surface area contributed by atoms with Crippen molar-refractivity contribution in [2.75, 3.05) is 18.7 Å². The second kappa shape index (κ2) is 7.03. The fraction of sp³-hybridized carbons (Fsp3) is 0.316. The van der Waals surface area contributed by atoms with Crippen molar-refractivity contribution in [3.05, 3.63) is 35.0 Å².